The molecule has 8 nitrogen and oxygen atoms in total. The van der Waals surface area contributed by atoms with E-state index in [-0.39, 0.29) is 4.90 Å². The summed E-state index contributed by atoms with van der Waals surface area (Å²) in [4.78, 5) is 17.8. The maximum absolute atomic E-state index is 11.9. The van der Waals surface area contributed by atoms with Gasteiger partial charge >= 0.3 is 0 Å². The van der Waals surface area contributed by atoms with Crippen LogP contribution in [0, 0.1) is 0 Å². The zero-order valence-electron chi connectivity index (χ0n) is 15.4. The molecule has 0 aliphatic rings. The summed E-state index contributed by atoms with van der Waals surface area (Å²) in [5.41, 5.74) is 2.70. The van der Waals surface area contributed by atoms with Gasteiger partial charge in [-0.15, -0.1) is 0 Å². The molecule has 0 saturated heterocycles. The van der Waals surface area contributed by atoms with Gasteiger partial charge in [0.25, 0.3) is 0 Å². The average Bonchev–Trinajstić information content (AvgIpc) is 3.17. The Bertz CT molecular complexity index is 1280. The minimum absolute atomic E-state index is 0.185. The second-order valence-corrected chi connectivity index (χ2v) is 8.43. The van der Waals surface area contributed by atoms with Crippen molar-refractivity contribution in [3.8, 4) is 0 Å². The molecule has 0 saturated carbocycles. The Labute approximate surface area is 167 Å². The molecule has 1 amide bonds. The predicted octanol–water partition coefficient (Wildman–Crippen LogP) is 3.40. The van der Waals surface area contributed by atoms with Crippen molar-refractivity contribution < 1.29 is 13.2 Å². The topological polar surface area (TPSA) is 108 Å². The number of aromatic amines is 1. The maximum Gasteiger partial charge on any atom is 0.218 e. The molecule has 2 heterocycles. The third-order valence-corrected chi connectivity index (χ3v) is 5.53. The fraction of sp³-hybridized carbons (Fsp3) is 0.0500. The maximum atomic E-state index is 11.9. The highest BCUT2D eigenvalue weighted by atomic mass is 32.2. The molecule has 2 aromatic heterocycles. The van der Waals surface area contributed by atoms with Crippen LogP contribution in [0.5, 0.6) is 0 Å². The van der Waals surface area contributed by atoms with Crippen molar-refractivity contribution >= 4 is 50.0 Å². The first-order valence-corrected chi connectivity index (χ1v) is 10.5. The van der Waals surface area contributed by atoms with Crippen molar-refractivity contribution in [2.75, 3.05) is 16.5 Å². The Balaban J connectivity index is 1.69. The first kappa shape index (κ1) is 18.6. The van der Waals surface area contributed by atoms with E-state index in [9.17, 15) is 13.2 Å². The van der Waals surface area contributed by atoms with Gasteiger partial charge in [0.1, 0.15) is 0 Å². The minimum atomic E-state index is -3.32. The van der Waals surface area contributed by atoms with Crippen LogP contribution in [0.1, 0.15) is 0 Å². The highest BCUT2D eigenvalue weighted by Gasteiger charge is 2.15. The summed E-state index contributed by atoms with van der Waals surface area (Å²) in [7, 11) is -3.32. The number of rotatable bonds is 6. The van der Waals surface area contributed by atoms with Crippen molar-refractivity contribution in [3.63, 3.8) is 0 Å². The Hall–Kier alpha value is -3.72. The lowest BCUT2D eigenvalue weighted by Gasteiger charge is -2.21. The first-order chi connectivity index (χ1) is 14.0. The number of anilines is 4. The lowest BCUT2D eigenvalue weighted by atomic mass is 10.2. The molecule has 4 aromatic rings. The fourth-order valence-electron chi connectivity index (χ4n) is 2.95. The summed E-state index contributed by atoms with van der Waals surface area (Å²) in [5.74, 6) is 0.477. The van der Waals surface area contributed by atoms with E-state index in [4.69, 9.17) is 0 Å². The van der Waals surface area contributed by atoms with Crippen LogP contribution in [0.4, 0.5) is 22.9 Å². The molecule has 146 valence electrons. The summed E-state index contributed by atoms with van der Waals surface area (Å²) in [5, 5.41) is 11.1. The largest absolute Gasteiger partial charge is 0.338 e. The van der Waals surface area contributed by atoms with E-state index in [1.165, 1.54) is 17.0 Å². The SMILES string of the molecule is CS(=O)(=O)c1ccc(N(C=O)c2cccnc2Nc2ccc3cn[nH]c3c2)cc1. The van der Waals surface area contributed by atoms with E-state index < -0.39 is 9.84 Å². The summed E-state index contributed by atoms with van der Waals surface area (Å²) in [6.07, 6.45) is 5.16. The number of nitrogens with one attached hydrogen (secondary N) is 2. The van der Waals surface area contributed by atoms with Gasteiger partial charge in [-0.25, -0.2) is 13.4 Å². The second kappa shape index (κ2) is 7.36. The molecule has 2 aromatic carbocycles. The number of benzene rings is 2. The summed E-state index contributed by atoms with van der Waals surface area (Å²) >= 11 is 0. The standard InChI is InChI=1S/C20H17N5O3S/c1-29(27,28)17-8-6-16(7-9-17)25(13-26)19-3-2-10-21-20(19)23-15-5-4-14-12-22-24-18(14)11-15/h2-13H,1H3,(H,21,23)(H,22,24). The van der Waals surface area contributed by atoms with Gasteiger partial charge < -0.3 is 5.32 Å². The molecule has 0 aliphatic carbocycles. The summed E-state index contributed by atoms with van der Waals surface area (Å²) in [6.45, 7) is 0. The van der Waals surface area contributed by atoms with Gasteiger partial charge in [-0.3, -0.25) is 14.8 Å². The second-order valence-electron chi connectivity index (χ2n) is 6.41. The average molecular weight is 407 g/mol. The molecular weight excluding hydrogens is 390 g/mol. The van der Waals surface area contributed by atoms with Crippen LogP contribution in [0.25, 0.3) is 10.9 Å². The molecule has 9 heteroatoms. The van der Waals surface area contributed by atoms with Gasteiger partial charge in [0.05, 0.1) is 22.3 Å². The molecule has 2 N–H and O–H groups in total. The van der Waals surface area contributed by atoms with Crippen molar-refractivity contribution in [1.29, 1.82) is 0 Å². The zero-order chi connectivity index (χ0) is 20.4. The van der Waals surface area contributed by atoms with Crippen LogP contribution >= 0.6 is 0 Å². The summed E-state index contributed by atoms with van der Waals surface area (Å²) in [6, 6.07) is 15.3. The quantitative estimate of drug-likeness (QED) is 0.474. The van der Waals surface area contributed by atoms with E-state index in [1.54, 1.807) is 36.7 Å². The number of hydrogen-bond acceptors (Lipinski definition) is 6. The molecule has 0 aliphatic heterocycles. The summed E-state index contributed by atoms with van der Waals surface area (Å²) < 4.78 is 23.3. The predicted molar refractivity (Wildman–Crippen MR) is 111 cm³/mol. The minimum Gasteiger partial charge on any atom is -0.338 e. The van der Waals surface area contributed by atoms with Crippen LogP contribution in [-0.4, -0.2) is 36.3 Å². The number of pyridine rings is 1. The van der Waals surface area contributed by atoms with E-state index in [1.807, 2.05) is 18.2 Å². The van der Waals surface area contributed by atoms with Crippen molar-refractivity contribution in [3.05, 3.63) is 67.0 Å². The number of amides is 1. The highest BCUT2D eigenvalue weighted by molar-refractivity contribution is 7.90. The number of fused-ring (bicyclic) bond motifs is 1. The third-order valence-electron chi connectivity index (χ3n) is 4.40. The third kappa shape index (κ3) is 3.81. The van der Waals surface area contributed by atoms with E-state index in [2.05, 4.69) is 20.5 Å². The van der Waals surface area contributed by atoms with Crippen LogP contribution in [-0.2, 0) is 14.6 Å². The van der Waals surface area contributed by atoms with Crippen molar-refractivity contribution in [2.24, 2.45) is 0 Å². The number of carbonyl (C=O) groups excluding carboxylic acids is 1. The molecule has 0 bridgehead atoms. The Morgan fingerprint density at radius 3 is 2.62 bits per heavy atom. The number of hydrogen-bond donors (Lipinski definition) is 2. The van der Waals surface area contributed by atoms with Crippen LogP contribution in [0.3, 0.4) is 0 Å². The number of nitrogens with zero attached hydrogens (tertiary/aromatic N) is 3. The number of aromatic nitrogens is 3. The Morgan fingerprint density at radius 1 is 1.10 bits per heavy atom. The van der Waals surface area contributed by atoms with E-state index >= 15 is 0 Å². The van der Waals surface area contributed by atoms with E-state index in [0.29, 0.717) is 23.6 Å². The monoisotopic (exact) mass is 407 g/mol. The Kier molecular flexibility index (Phi) is 4.73. The zero-order valence-corrected chi connectivity index (χ0v) is 16.2. The molecular formula is C20H17N5O3S. The number of sulfone groups is 1. The van der Waals surface area contributed by atoms with Crippen LogP contribution in [0.15, 0.2) is 71.9 Å². The van der Waals surface area contributed by atoms with Gasteiger partial charge in [0.2, 0.25) is 6.41 Å². The smallest absolute Gasteiger partial charge is 0.218 e. The van der Waals surface area contributed by atoms with Gasteiger partial charge in [0, 0.05) is 29.2 Å². The van der Waals surface area contributed by atoms with Crippen LogP contribution < -0.4 is 10.2 Å². The molecule has 0 unspecified atom stereocenters. The molecule has 0 spiro atoms. The number of carbonyl (C=O) groups is 1. The molecule has 0 radical (unpaired) electrons. The molecule has 29 heavy (non-hydrogen) atoms. The molecule has 0 fully saturated rings. The van der Waals surface area contributed by atoms with Crippen molar-refractivity contribution in [1.82, 2.24) is 15.2 Å². The fourth-order valence-corrected chi connectivity index (χ4v) is 3.58. The van der Waals surface area contributed by atoms with Gasteiger partial charge in [-0.1, -0.05) is 0 Å². The lowest BCUT2D eigenvalue weighted by molar-refractivity contribution is -0.106. The van der Waals surface area contributed by atoms with Crippen molar-refractivity contribution in [2.45, 2.75) is 4.90 Å². The lowest BCUT2D eigenvalue weighted by Crippen LogP contribution is -2.16. The van der Waals surface area contributed by atoms with Gasteiger partial charge in [-0.2, -0.15) is 5.10 Å². The normalized spacial score (nSPS) is 11.3. The van der Waals surface area contributed by atoms with Gasteiger partial charge in [0.15, 0.2) is 15.7 Å². The first-order valence-electron chi connectivity index (χ1n) is 8.65. The van der Waals surface area contributed by atoms with Gasteiger partial charge in [-0.05, 0) is 54.6 Å². The van der Waals surface area contributed by atoms with Crippen LogP contribution in [0.2, 0.25) is 0 Å². The molecule has 0 atom stereocenters. The van der Waals surface area contributed by atoms with E-state index in [0.717, 1.165) is 22.8 Å². The Morgan fingerprint density at radius 2 is 1.90 bits per heavy atom. The highest BCUT2D eigenvalue weighted by Crippen LogP contribution is 2.32. The molecule has 4 rings (SSSR count). The number of H-pyrrole nitrogens is 1.